The van der Waals surface area contributed by atoms with E-state index in [9.17, 15) is 4.79 Å². The van der Waals surface area contributed by atoms with Crippen molar-refractivity contribution < 1.29 is 14.6 Å². The molecule has 0 aromatic heterocycles. The van der Waals surface area contributed by atoms with Gasteiger partial charge in [0.2, 0.25) is 0 Å². The number of ether oxygens (including phenoxy) is 1. The molecule has 0 aromatic rings. The molecular weight excluding hydrogens is 244 g/mol. The molecule has 2 fully saturated rings. The minimum atomic E-state index is -0.737. The predicted octanol–water partition coefficient (Wildman–Crippen LogP) is 1.03. The average Bonchev–Trinajstić information content (AvgIpc) is 2.47. The molecule has 0 aromatic carbocycles. The lowest BCUT2D eigenvalue weighted by Gasteiger charge is -2.41. The second kappa shape index (κ2) is 5.04. The molecule has 0 spiro atoms. The molecule has 0 bridgehead atoms. The molecule has 5 nitrogen and oxygen atoms in total. The van der Waals surface area contributed by atoms with Gasteiger partial charge in [-0.15, -0.1) is 0 Å². The number of rotatable bonds is 3. The smallest absolute Gasteiger partial charge is 0.317 e. The topological polar surface area (TPSA) is 53.0 Å². The maximum absolute atomic E-state index is 10.7. The molecule has 0 aliphatic carbocycles. The van der Waals surface area contributed by atoms with Gasteiger partial charge in [0, 0.05) is 32.2 Å². The largest absolute Gasteiger partial charge is 0.480 e. The molecule has 19 heavy (non-hydrogen) atoms. The fourth-order valence-corrected chi connectivity index (χ4v) is 3.53. The minimum absolute atomic E-state index is 0.0631. The average molecular weight is 270 g/mol. The molecule has 1 unspecified atom stereocenters. The normalized spacial score (nSPS) is 31.5. The van der Waals surface area contributed by atoms with E-state index in [1.165, 1.54) is 0 Å². The fourth-order valence-electron chi connectivity index (χ4n) is 3.53. The molecule has 2 aliphatic heterocycles. The van der Waals surface area contributed by atoms with Crippen LogP contribution in [0.15, 0.2) is 0 Å². The van der Waals surface area contributed by atoms with E-state index < -0.39 is 5.97 Å². The fraction of sp³-hybridized carbons (Fsp3) is 0.929. The van der Waals surface area contributed by atoms with Crippen LogP contribution in [0.4, 0.5) is 0 Å². The Balaban J connectivity index is 1.93. The summed E-state index contributed by atoms with van der Waals surface area (Å²) in [7, 11) is 0. The number of hydrogen-bond donors (Lipinski definition) is 1. The van der Waals surface area contributed by atoms with Gasteiger partial charge in [0.15, 0.2) is 0 Å². The highest BCUT2D eigenvalue weighted by Crippen LogP contribution is 2.40. The van der Waals surface area contributed by atoms with E-state index in [1.807, 2.05) is 4.90 Å². The third-order valence-corrected chi connectivity index (χ3v) is 4.23. The summed E-state index contributed by atoms with van der Waals surface area (Å²) in [5.41, 5.74) is -0.190. The van der Waals surface area contributed by atoms with Crippen LogP contribution < -0.4 is 0 Å². The molecule has 2 heterocycles. The Bertz CT molecular complexity index is 347. The summed E-state index contributed by atoms with van der Waals surface area (Å²) in [5.74, 6) is -0.737. The number of piperazine rings is 1. The zero-order valence-corrected chi connectivity index (χ0v) is 12.5. The molecular formula is C14H26N2O3. The van der Waals surface area contributed by atoms with Gasteiger partial charge >= 0.3 is 5.97 Å². The van der Waals surface area contributed by atoms with Crippen molar-refractivity contribution >= 4 is 5.97 Å². The monoisotopic (exact) mass is 270 g/mol. The third-order valence-electron chi connectivity index (χ3n) is 4.23. The summed E-state index contributed by atoms with van der Waals surface area (Å²) >= 11 is 0. The Kier molecular flexibility index (Phi) is 3.91. The highest BCUT2D eigenvalue weighted by Gasteiger charge is 2.48. The van der Waals surface area contributed by atoms with Crippen LogP contribution in [0.3, 0.4) is 0 Å². The van der Waals surface area contributed by atoms with Gasteiger partial charge in [0.1, 0.15) is 0 Å². The van der Waals surface area contributed by atoms with Crippen LogP contribution in [0.25, 0.3) is 0 Å². The van der Waals surface area contributed by atoms with Crippen molar-refractivity contribution in [2.24, 2.45) is 0 Å². The SMILES string of the molecule is CC1(C)CC(N2CCN(CC(=O)O)CC2)C(C)(C)O1. The second-order valence-electron chi connectivity index (χ2n) is 6.89. The minimum Gasteiger partial charge on any atom is -0.480 e. The van der Waals surface area contributed by atoms with Crippen molar-refractivity contribution in [1.82, 2.24) is 9.80 Å². The van der Waals surface area contributed by atoms with Crippen molar-refractivity contribution in [3.63, 3.8) is 0 Å². The molecule has 2 aliphatic rings. The van der Waals surface area contributed by atoms with Crippen molar-refractivity contribution in [3.05, 3.63) is 0 Å². The summed E-state index contributed by atoms with van der Waals surface area (Å²) in [4.78, 5) is 15.2. The second-order valence-corrected chi connectivity index (χ2v) is 6.89. The summed E-state index contributed by atoms with van der Waals surface area (Å²) < 4.78 is 6.14. The van der Waals surface area contributed by atoms with Gasteiger partial charge in [-0.2, -0.15) is 0 Å². The molecule has 5 heteroatoms. The van der Waals surface area contributed by atoms with Crippen LogP contribution in [0, 0.1) is 0 Å². The first-order valence-corrected chi connectivity index (χ1v) is 7.08. The van der Waals surface area contributed by atoms with Gasteiger partial charge in [-0.1, -0.05) is 0 Å². The molecule has 1 N–H and O–H groups in total. The van der Waals surface area contributed by atoms with Crippen molar-refractivity contribution in [2.45, 2.75) is 51.4 Å². The van der Waals surface area contributed by atoms with Crippen molar-refractivity contribution in [1.29, 1.82) is 0 Å². The Morgan fingerprint density at radius 3 is 2.21 bits per heavy atom. The number of carboxylic acid groups (broad SMARTS) is 1. The third kappa shape index (κ3) is 3.46. The highest BCUT2D eigenvalue weighted by atomic mass is 16.5. The first kappa shape index (κ1) is 14.8. The Labute approximate surface area is 115 Å². The Morgan fingerprint density at radius 2 is 1.79 bits per heavy atom. The van der Waals surface area contributed by atoms with Crippen LogP contribution in [-0.4, -0.2) is 70.8 Å². The van der Waals surface area contributed by atoms with Gasteiger partial charge in [-0.25, -0.2) is 0 Å². The van der Waals surface area contributed by atoms with E-state index in [-0.39, 0.29) is 17.7 Å². The zero-order chi connectivity index (χ0) is 14.3. The summed E-state index contributed by atoms with van der Waals surface area (Å²) in [6.07, 6.45) is 1.04. The lowest BCUT2D eigenvalue weighted by Crippen LogP contribution is -2.55. The van der Waals surface area contributed by atoms with Gasteiger partial charge in [0.05, 0.1) is 17.7 Å². The molecule has 2 rings (SSSR count). The van der Waals surface area contributed by atoms with E-state index in [4.69, 9.17) is 9.84 Å². The van der Waals surface area contributed by atoms with Crippen LogP contribution in [0.5, 0.6) is 0 Å². The highest BCUT2D eigenvalue weighted by molar-refractivity contribution is 5.69. The Morgan fingerprint density at radius 1 is 1.21 bits per heavy atom. The number of nitrogens with zero attached hydrogens (tertiary/aromatic N) is 2. The first-order chi connectivity index (χ1) is 8.70. The van der Waals surface area contributed by atoms with E-state index in [1.54, 1.807) is 0 Å². The summed E-state index contributed by atoms with van der Waals surface area (Å²) in [6.45, 7) is 12.3. The lowest BCUT2D eigenvalue weighted by molar-refractivity contribution is -0.139. The standard InChI is InChI=1S/C14H26N2O3/c1-13(2)9-11(14(3,4)19-13)16-7-5-15(6-8-16)10-12(17)18/h11H,5-10H2,1-4H3,(H,17,18). The van der Waals surface area contributed by atoms with Crippen LogP contribution in [0.2, 0.25) is 0 Å². The van der Waals surface area contributed by atoms with E-state index in [2.05, 4.69) is 32.6 Å². The summed E-state index contributed by atoms with van der Waals surface area (Å²) in [6, 6.07) is 0.425. The molecule has 0 radical (unpaired) electrons. The van der Waals surface area contributed by atoms with E-state index in [0.717, 1.165) is 32.6 Å². The zero-order valence-electron chi connectivity index (χ0n) is 12.5. The van der Waals surface area contributed by atoms with Gasteiger partial charge in [0.25, 0.3) is 0 Å². The van der Waals surface area contributed by atoms with Gasteiger partial charge in [-0.05, 0) is 34.1 Å². The van der Waals surface area contributed by atoms with E-state index in [0.29, 0.717) is 6.04 Å². The number of carbonyl (C=O) groups is 1. The molecule has 2 saturated heterocycles. The van der Waals surface area contributed by atoms with Gasteiger partial charge in [-0.3, -0.25) is 14.6 Å². The van der Waals surface area contributed by atoms with Crippen molar-refractivity contribution in [3.8, 4) is 0 Å². The maximum Gasteiger partial charge on any atom is 0.317 e. The van der Waals surface area contributed by atoms with Crippen LogP contribution in [0.1, 0.15) is 34.1 Å². The maximum atomic E-state index is 10.7. The molecule has 1 atom stereocenters. The molecule has 0 saturated carbocycles. The Hall–Kier alpha value is -0.650. The first-order valence-electron chi connectivity index (χ1n) is 7.08. The molecule has 110 valence electrons. The van der Waals surface area contributed by atoms with E-state index >= 15 is 0 Å². The number of aliphatic carboxylic acids is 1. The van der Waals surface area contributed by atoms with Crippen molar-refractivity contribution in [2.75, 3.05) is 32.7 Å². The van der Waals surface area contributed by atoms with Crippen LogP contribution >= 0.6 is 0 Å². The molecule has 0 amide bonds. The summed E-state index contributed by atoms with van der Waals surface area (Å²) in [5, 5.41) is 8.82. The van der Waals surface area contributed by atoms with Crippen LogP contribution in [-0.2, 0) is 9.53 Å². The predicted molar refractivity (Wildman–Crippen MR) is 73.3 cm³/mol. The quantitative estimate of drug-likeness (QED) is 0.830. The van der Waals surface area contributed by atoms with Gasteiger partial charge < -0.3 is 9.84 Å². The number of hydrogen-bond acceptors (Lipinski definition) is 4. The number of carboxylic acids is 1. The lowest BCUT2D eigenvalue weighted by atomic mass is 9.92.